The van der Waals surface area contributed by atoms with Crippen LogP contribution in [0.5, 0.6) is 5.75 Å². The van der Waals surface area contributed by atoms with Crippen LogP contribution in [0.2, 0.25) is 0 Å². The van der Waals surface area contributed by atoms with Gasteiger partial charge in [0.2, 0.25) is 0 Å². The lowest BCUT2D eigenvalue weighted by Crippen LogP contribution is -2.61. The van der Waals surface area contributed by atoms with Crippen molar-refractivity contribution in [2.45, 2.75) is 49.1 Å². The number of aryl methyl sites for hydroxylation is 1. The highest BCUT2D eigenvalue weighted by atomic mass is 32.2. The number of hydrogen-bond donors (Lipinski definition) is 1. The minimum atomic E-state index is -0.362. The number of methoxy groups -OCH3 is 1. The van der Waals surface area contributed by atoms with E-state index in [0.29, 0.717) is 17.4 Å². The van der Waals surface area contributed by atoms with Crippen molar-refractivity contribution >= 4 is 17.7 Å². The van der Waals surface area contributed by atoms with E-state index in [4.69, 9.17) is 4.74 Å². The van der Waals surface area contributed by atoms with Crippen molar-refractivity contribution in [3.63, 3.8) is 0 Å². The van der Waals surface area contributed by atoms with Crippen LogP contribution in [0.4, 0.5) is 0 Å². The first-order valence-electron chi connectivity index (χ1n) is 10.4. The van der Waals surface area contributed by atoms with Crippen LogP contribution < -0.4 is 10.1 Å². The largest absolute Gasteiger partial charge is 0.496 e. The zero-order chi connectivity index (χ0) is 20.4. The Morgan fingerprint density at radius 3 is 2.69 bits per heavy atom. The first-order valence-corrected chi connectivity index (χ1v) is 11.7. The number of nitrogens with zero attached hydrogens (tertiary/aromatic N) is 1. The summed E-state index contributed by atoms with van der Waals surface area (Å²) in [7, 11) is 1.64. The number of piperidine rings is 1. The SMILES string of the molecule is COc1cc(C)cc(SC)c1C(=O)N[C@]1(c2ccccc2)CCCN2CCC[C@@H]21. The number of thioether (sulfide) groups is 1. The van der Waals surface area contributed by atoms with Gasteiger partial charge in [0.05, 0.1) is 18.2 Å². The van der Waals surface area contributed by atoms with Crippen LogP contribution in [0.15, 0.2) is 47.4 Å². The third kappa shape index (κ3) is 3.66. The third-order valence-corrected chi connectivity index (χ3v) is 7.21. The van der Waals surface area contributed by atoms with Crippen molar-refractivity contribution in [3.05, 3.63) is 59.2 Å². The molecule has 1 N–H and O–H groups in total. The van der Waals surface area contributed by atoms with Crippen molar-refractivity contribution in [3.8, 4) is 5.75 Å². The summed E-state index contributed by atoms with van der Waals surface area (Å²) in [5.41, 5.74) is 2.59. The lowest BCUT2D eigenvalue weighted by molar-refractivity contribution is 0.0591. The smallest absolute Gasteiger partial charge is 0.256 e. The fourth-order valence-corrected chi connectivity index (χ4v) is 5.90. The summed E-state index contributed by atoms with van der Waals surface area (Å²) in [4.78, 5) is 17.3. The first-order chi connectivity index (χ1) is 14.1. The molecule has 4 rings (SSSR count). The fraction of sp³-hybridized carbons (Fsp3) is 0.458. The molecule has 2 fully saturated rings. The van der Waals surface area contributed by atoms with Crippen LogP contribution in [0.1, 0.15) is 47.2 Å². The average Bonchev–Trinajstić information content (AvgIpc) is 3.23. The Kier molecular flexibility index (Phi) is 5.88. The van der Waals surface area contributed by atoms with E-state index in [-0.39, 0.29) is 11.4 Å². The van der Waals surface area contributed by atoms with E-state index in [2.05, 4.69) is 40.5 Å². The Labute approximate surface area is 178 Å². The highest BCUT2D eigenvalue weighted by Gasteiger charge is 2.48. The van der Waals surface area contributed by atoms with E-state index in [9.17, 15) is 4.79 Å². The van der Waals surface area contributed by atoms with E-state index in [1.165, 1.54) is 12.0 Å². The quantitative estimate of drug-likeness (QED) is 0.731. The van der Waals surface area contributed by atoms with Gasteiger partial charge in [0.1, 0.15) is 5.75 Å². The predicted octanol–water partition coefficient (Wildman–Crippen LogP) is 4.61. The number of ether oxygens (including phenoxy) is 1. The molecule has 1 amide bonds. The lowest BCUT2D eigenvalue weighted by Gasteiger charge is -2.48. The van der Waals surface area contributed by atoms with Crippen LogP contribution in [0.25, 0.3) is 0 Å². The van der Waals surface area contributed by atoms with Crippen LogP contribution in [0, 0.1) is 6.92 Å². The second-order valence-corrected chi connectivity index (χ2v) is 8.98. The Morgan fingerprint density at radius 1 is 1.21 bits per heavy atom. The summed E-state index contributed by atoms with van der Waals surface area (Å²) in [5, 5.41) is 3.53. The molecule has 2 atom stereocenters. The highest BCUT2D eigenvalue weighted by molar-refractivity contribution is 7.98. The van der Waals surface area contributed by atoms with Gasteiger partial charge in [0.25, 0.3) is 5.91 Å². The van der Waals surface area contributed by atoms with Crippen molar-refractivity contribution < 1.29 is 9.53 Å². The molecule has 0 bridgehead atoms. The van der Waals surface area contributed by atoms with E-state index in [1.54, 1.807) is 18.9 Å². The number of carbonyl (C=O) groups is 1. The van der Waals surface area contributed by atoms with Crippen molar-refractivity contribution in [2.75, 3.05) is 26.5 Å². The van der Waals surface area contributed by atoms with E-state index in [0.717, 1.165) is 42.8 Å². The van der Waals surface area contributed by atoms with E-state index >= 15 is 0 Å². The summed E-state index contributed by atoms with van der Waals surface area (Å²) >= 11 is 1.59. The second-order valence-electron chi connectivity index (χ2n) is 8.13. The van der Waals surface area contributed by atoms with Crippen LogP contribution in [-0.2, 0) is 5.54 Å². The molecule has 2 aromatic carbocycles. The Morgan fingerprint density at radius 2 is 1.97 bits per heavy atom. The summed E-state index contributed by atoms with van der Waals surface area (Å²) in [6.45, 7) is 4.28. The monoisotopic (exact) mass is 410 g/mol. The van der Waals surface area contributed by atoms with Crippen molar-refractivity contribution in [2.24, 2.45) is 0 Å². The topological polar surface area (TPSA) is 41.6 Å². The molecule has 29 heavy (non-hydrogen) atoms. The van der Waals surface area contributed by atoms with Crippen LogP contribution in [0.3, 0.4) is 0 Å². The van der Waals surface area contributed by atoms with Crippen LogP contribution >= 0.6 is 11.8 Å². The maximum atomic E-state index is 13.7. The number of fused-ring (bicyclic) bond motifs is 1. The summed E-state index contributed by atoms with van der Waals surface area (Å²) in [6.07, 6.45) is 6.38. The molecule has 5 heteroatoms. The minimum Gasteiger partial charge on any atom is -0.496 e. The maximum Gasteiger partial charge on any atom is 0.256 e. The number of hydrogen-bond acceptors (Lipinski definition) is 4. The van der Waals surface area contributed by atoms with Gasteiger partial charge in [0.15, 0.2) is 0 Å². The maximum absolute atomic E-state index is 13.7. The minimum absolute atomic E-state index is 0.0381. The van der Waals surface area contributed by atoms with E-state index in [1.807, 2.05) is 25.3 Å². The Hall–Kier alpha value is -1.98. The molecule has 2 aromatic rings. The Balaban J connectivity index is 1.78. The van der Waals surface area contributed by atoms with Gasteiger partial charge in [-0.1, -0.05) is 30.3 Å². The number of carbonyl (C=O) groups excluding carboxylic acids is 1. The number of rotatable bonds is 5. The molecule has 2 aliphatic rings. The molecule has 0 saturated carbocycles. The number of benzene rings is 2. The van der Waals surface area contributed by atoms with Gasteiger partial charge in [-0.25, -0.2) is 0 Å². The summed E-state index contributed by atoms with van der Waals surface area (Å²) in [5.74, 6) is 0.609. The summed E-state index contributed by atoms with van der Waals surface area (Å²) in [6, 6.07) is 14.9. The molecule has 0 unspecified atom stereocenters. The summed E-state index contributed by atoms with van der Waals surface area (Å²) < 4.78 is 5.62. The molecule has 0 spiro atoms. The highest BCUT2D eigenvalue weighted by Crippen LogP contribution is 2.43. The zero-order valence-corrected chi connectivity index (χ0v) is 18.3. The van der Waals surface area contributed by atoms with E-state index < -0.39 is 0 Å². The van der Waals surface area contributed by atoms with Crippen LogP contribution in [-0.4, -0.2) is 43.3 Å². The molecular formula is C24H30N2O2S. The average molecular weight is 411 g/mol. The third-order valence-electron chi connectivity index (χ3n) is 6.45. The number of amides is 1. The lowest BCUT2D eigenvalue weighted by atomic mass is 9.75. The molecule has 2 heterocycles. The molecule has 2 aliphatic heterocycles. The molecule has 154 valence electrons. The van der Waals surface area contributed by atoms with Gasteiger partial charge in [-0.05, 0) is 75.2 Å². The van der Waals surface area contributed by atoms with Crippen molar-refractivity contribution in [1.82, 2.24) is 10.2 Å². The molecule has 0 radical (unpaired) electrons. The molecule has 0 aliphatic carbocycles. The molecule has 2 saturated heterocycles. The van der Waals surface area contributed by atoms with Gasteiger partial charge in [-0.15, -0.1) is 11.8 Å². The van der Waals surface area contributed by atoms with Gasteiger partial charge < -0.3 is 10.1 Å². The molecule has 0 aromatic heterocycles. The van der Waals surface area contributed by atoms with Gasteiger partial charge in [-0.2, -0.15) is 0 Å². The molecular weight excluding hydrogens is 380 g/mol. The first kappa shape index (κ1) is 20.3. The predicted molar refractivity (Wildman–Crippen MR) is 119 cm³/mol. The van der Waals surface area contributed by atoms with Gasteiger partial charge in [-0.3, -0.25) is 9.69 Å². The van der Waals surface area contributed by atoms with Gasteiger partial charge in [0, 0.05) is 10.9 Å². The van der Waals surface area contributed by atoms with Crippen molar-refractivity contribution in [1.29, 1.82) is 0 Å². The second kappa shape index (κ2) is 8.41. The zero-order valence-electron chi connectivity index (χ0n) is 17.5. The Bertz CT molecular complexity index is 861. The number of nitrogens with one attached hydrogen (secondary N) is 1. The standard InChI is InChI=1S/C24H30N2O2S/c1-17-15-19(28-2)22(20(16-17)29-3)23(27)25-24(18-9-5-4-6-10-18)12-8-14-26-13-7-11-21(24)26/h4-6,9-10,15-16,21H,7-8,11-14H2,1-3H3,(H,25,27)/t21-,24+/m1/s1. The molecule has 4 nitrogen and oxygen atoms in total. The normalized spacial score (nSPS) is 24.2. The fourth-order valence-electron chi connectivity index (χ4n) is 5.20. The van der Waals surface area contributed by atoms with Gasteiger partial charge >= 0.3 is 0 Å².